The van der Waals surface area contributed by atoms with Crippen LogP contribution in [0.4, 0.5) is 0 Å². The molecule has 0 radical (unpaired) electrons. The maximum Gasteiger partial charge on any atom is 0.278 e. The molecule has 0 atom stereocenters. The third-order valence-corrected chi connectivity index (χ3v) is 6.47. The number of piperazine rings is 1. The van der Waals surface area contributed by atoms with E-state index in [4.69, 9.17) is 4.74 Å². The molecule has 2 heterocycles. The molecular formula is C24H33N3O3. The Morgan fingerprint density at radius 1 is 0.933 bits per heavy atom. The van der Waals surface area contributed by atoms with E-state index >= 15 is 0 Å². The Balaban J connectivity index is 1.67. The van der Waals surface area contributed by atoms with E-state index in [-0.39, 0.29) is 17.9 Å². The van der Waals surface area contributed by atoms with E-state index in [9.17, 15) is 9.59 Å². The largest absolute Gasteiger partial charge is 0.494 e. The summed E-state index contributed by atoms with van der Waals surface area (Å²) in [6.45, 7) is 6.07. The first kappa shape index (κ1) is 20.9. The Kier molecular flexibility index (Phi) is 6.42. The number of hydrogen-bond donors (Lipinski definition) is 0. The number of benzene rings is 1. The van der Waals surface area contributed by atoms with Gasteiger partial charge in [-0.25, -0.2) is 0 Å². The monoisotopic (exact) mass is 411 g/mol. The van der Waals surface area contributed by atoms with Crippen LogP contribution < -0.4 is 4.74 Å². The number of ether oxygens (including phenoxy) is 1. The molecule has 6 nitrogen and oxygen atoms in total. The first-order chi connectivity index (χ1) is 14.6. The molecule has 2 amide bonds. The molecule has 2 aliphatic heterocycles. The van der Waals surface area contributed by atoms with Crippen LogP contribution in [0.1, 0.15) is 51.0 Å². The molecule has 1 aliphatic carbocycles. The lowest BCUT2D eigenvalue weighted by Crippen LogP contribution is -2.47. The van der Waals surface area contributed by atoms with Gasteiger partial charge in [-0.1, -0.05) is 38.3 Å². The van der Waals surface area contributed by atoms with Gasteiger partial charge in [-0.2, -0.15) is 0 Å². The Morgan fingerprint density at radius 2 is 1.60 bits per heavy atom. The number of imide groups is 1. The summed E-state index contributed by atoms with van der Waals surface area (Å²) >= 11 is 0. The lowest BCUT2D eigenvalue weighted by molar-refractivity contribution is -0.141. The van der Waals surface area contributed by atoms with Crippen LogP contribution in [0, 0.1) is 0 Å². The minimum absolute atomic E-state index is 0.0332. The van der Waals surface area contributed by atoms with Crippen molar-refractivity contribution in [2.45, 2.75) is 51.5 Å². The second-order valence-electron chi connectivity index (χ2n) is 8.66. The standard InChI is InChI=1S/C24H33N3O3/c1-3-17-30-20-11-9-18(10-12-20)21-22(26-15-13-25(2)14-16-26)24(29)27(23(21)28)19-7-5-4-6-8-19/h9-12,19H,3-8,13-17H2,1-2H3. The highest BCUT2D eigenvalue weighted by Crippen LogP contribution is 2.36. The number of amides is 2. The number of rotatable bonds is 6. The van der Waals surface area contributed by atoms with Crippen LogP contribution in [0.25, 0.3) is 5.57 Å². The highest BCUT2D eigenvalue weighted by molar-refractivity contribution is 6.35. The van der Waals surface area contributed by atoms with E-state index in [1.54, 1.807) is 4.90 Å². The Bertz CT molecular complexity index is 803. The Morgan fingerprint density at radius 3 is 2.23 bits per heavy atom. The third-order valence-electron chi connectivity index (χ3n) is 6.47. The SMILES string of the molecule is CCCOc1ccc(C2=C(N3CCN(C)CC3)C(=O)N(C3CCCCC3)C2=O)cc1. The fraction of sp³-hybridized carbons (Fsp3) is 0.583. The van der Waals surface area contributed by atoms with E-state index in [0.717, 1.165) is 69.6 Å². The molecule has 2 fully saturated rings. The summed E-state index contributed by atoms with van der Waals surface area (Å²) in [6.07, 6.45) is 6.16. The van der Waals surface area contributed by atoms with Crippen molar-refractivity contribution in [1.29, 1.82) is 0 Å². The van der Waals surface area contributed by atoms with Crippen LogP contribution in [0.5, 0.6) is 5.75 Å². The molecule has 1 saturated heterocycles. The second kappa shape index (κ2) is 9.21. The van der Waals surface area contributed by atoms with Gasteiger partial charge >= 0.3 is 0 Å². The van der Waals surface area contributed by atoms with Gasteiger partial charge in [0.15, 0.2) is 0 Å². The molecule has 30 heavy (non-hydrogen) atoms. The summed E-state index contributed by atoms with van der Waals surface area (Å²) in [5.41, 5.74) is 1.97. The maximum absolute atomic E-state index is 13.6. The van der Waals surface area contributed by atoms with Crippen molar-refractivity contribution < 1.29 is 14.3 Å². The smallest absolute Gasteiger partial charge is 0.278 e. The van der Waals surface area contributed by atoms with E-state index in [0.29, 0.717) is 17.9 Å². The van der Waals surface area contributed by atoms with E-state index in [1.807, 2.05) is 24.3 Å². The molecule has 0 unspecified atom stereocenters. The molecule has 0 aromatic heterocycles. The molecule has 162 valence electrons. The topological polar surface area (TPSA) is 53.1 Å². The molecule has 0 spiro atoms. The predicted octanol–water partition coefficient (Wildman–Crippen LogP) is 3.14. The summed E-state index contributed by atoms with van der Waals surface area (Å²) in [7, 11) is 2.09. The van der Waals surface area contributed by atoms with Crippen molar-refractivity contribution in [3.8, 4) is 5.75 Å². The van der Waals surface area contributed by atoms with Crippen LogP contribution in [0.15, 0.2) is 30.0 Å². The number of likely N-dealkylation sites (N-methyl/N-ethyl adjacent to an activating group) is 1. The highest BCUT2D eigenvalue weighted by Gasteiger charge is 2.45. The van der Waals surface area contributed by atoms with Gasteiger partial charge in [0, 0.05) is 32.2 Å². The van der Waals surface area contributed by atoms with E-state index < -0.39 is 0 Å². The number of carbonyl (C=O) groups is 2. The van der Waals surface area contributed by atoms with Crippen LogP contribution in [0.3, 0.4) is 0 Å². The van der Waals surface area contributed by atoms with E-state index in [2.05, 4.69) is 23.8 Å². The second-order valence-corrected chi connectivity index (χ2v) is 8.66. The summed E-state index contributed by atoms with van der Waals surface area (Å²) in [4.78, 5) is 33.1. The van der Waals surface area contributed by atoms with Crippen molar-refractivity contribution in [3.05, 3.63) is 35.5 Å². The van der Waals surface area contributed by atoms with Crippen LogP contribution in [-0.4, -0.2) is 72.4 Å². The first-order valence-electron chi connectivity index (χ1n) is 11.4. The molecule has 1 saturated carbocycles. The lowest BCUT2D eigenvalue weighted by Gasteiger charge is -2.35. The molecule has 6 heteroatoms. The molecule has 0 N–H and O–H groups in total. The molecule has 0 bridgehead atoms. The number of carbonyl (C=O) groups excluding carboxylic acids is 2. The van der Waals surface area contributed by atoms with Crippen molar-refractivity contribution >= 4 is 17.4 Å². The average molecular weight is 412 g/mol. The fourth-order valence-corrected chi connectivity index (χ4v) is 4.73. The minimum atomic E-state index is -0.122. The fourth-order valence-electron chi connectivity index (χ4n) is 4.73. The predicted molar refractivity (Wildman–Crippen MR) is 117 cm³/mol. The van der Waals surface area contributed by atoms with Crippen molar-refractivity contribution in [1.82, 2.24) is 14.7 Å². The zero-order chi connectivity index (χ0) is 21.1. The van der Waals surface area contributed by atoms with Gasteiger partial charge in [0.2, 0.25) is 0 Å². The zero-order valence-corrected chi connectivity index (χ0v) is 18.2. The van der Waals surface area contributed by atoms with Crippen molar-refractivity contribution in [2.75, 3.05) is 39.8 Å². The normalized spacial score (nSPS) is 21.7. The summed E-state index contributed by atoms with van der Waals surface area (Å²) < 4.78 is 5.70. The van der Waals surface area contributed by atoms with Crippen LogP contribution in [0.2, 0.25) is 0 Å². The van der Waals surface area contributed by atoms with Gasteiger partial charge in [-0.3, -0.25) is 14.5 Å². The summed E-state index contributed by atoms with van der Waals surface area (Å²) in [5.74, 6) is 0.573. The van der Waals surface area contributed by atoms with Gasteiger partial charge in [0.05, 0.1) is 12.2 Å². The summed E-state index contributed by atoms with van der Waals surface area (Å²) in [5, 5.41) is 0. The quantitative estimate of drug-likeness (QED) is 0.673. The van der Waals surface area contributed by atoms with Gasteiger partial charge < -0.3 is 14.5 Å². The van der Waals surface area contributed by atoms with Crippen molar-refractivity contribution in [3.63, 3.8) is 0 Å². The number of nitrogens with zero attached hydrogens (tertiary/aromatic N) is 3. The van der Waals surface area contributed by atoms with Gasteiger partial charge in [0.25, 0.3) is 11.8 Å². The Hall–Kier alpha value is -2.34. The maximum atomic E-state index is 13.6. The van der Waals surface area contributed by atoms with Gasteiger partial charge in [-0.05, 0) is 44.0 Å². The zero-order valence-electron chi connectivity index (χ0n) is 18.2. The third kappa shape index (κ3) is 4.10. The Labute approximate surface area is 179 Å². The van der Waals surface area contributed by atoms with Gasteiger partial charge in [-0.15, -0.1) is 0 Å². The molecular weight excluding hydrogens is 378 g/mol. The lowest BCUT2D eigenvalue weighted by atomic mass is 9.94. The van der Waals surface area contributed by atoms with E-state index in [1.165, 1.54) is 6.42 Å². The number of hydrogen-bond acceptors (Lipinski definition) is 5. The first-order valence-corrected chi connectivity index (χ1v) is 11.4. The molecule has 1 aromatic carbocycles. The van der Waals surface area contributed by atoms with Crippen LogP contribution in [-0.2, 0) is 9.59 Å². The minimum Gasteiger partial charge on any atom is -0.494 e. The molecule has 4 rings (SSSR count). The average Bonchev–Trinajstić information content (AvgIpc) is 3.04. The van der Waals surface area contributed by atoms with Crippen LogP contribution >= 0.6 is 0 Å². The van der Waals surface area contributed by atoms with Crippen molar-refractivity contribution in [2.24, 2.45) is 0 Å². The highest BCUT2D eigenvalue weighted by atomic mass is 16.5. The van der Waals surface area contributed by atoms with Gasteiger partial charge in [0.1, 0.15) is 11.4 Å². The molecule has 1 aromatic rings. The summed E-state index contributed by atoms with van der Waals surface area (Å²) in [6, 6.07) is 7.69. The molecule has 3 aliphatic rings.